The lowest BCUT2D eigenvalue weighted by Crippen LogP contribution is -2.26. The molecule has 0 bridgehead atoms. The quantitative estimate of drug-likeness (QED) is 0.869. The van der Waals surface area contributed by atoms with Crippen molar-refractivity contribution in [2.45, 2.75) is 59.0 Å². The molecule has 0 spiro atoms. The topological polar surface area (TPSA) is 24.9 Å². The maximum atomic E-state index is 4.57. The van der Waals surface area contributed by atoms with E-state index in [1.807, 2.05) is 0 Å². The van der Waals surface area contributed by atoms with Crippen molar-refractivity contribution in [3.63, 3.8) is 0 Å². The van der Waals surface area contributed by atoms with Crippen molar-refractivity contribution in [3.05, 3.63) is 15.6 Å². The van der Waals surface area contributed by atoms with Crippen molar-refractivity contribution >= 4 is 11.3 Å². The number of hydrogen-bond donors (Lipinski definition) is 1. The standard InChI is InChI=1S/C13H22N2S/c1-4-11-5-6-12(7-11)14-8-13-9(2)16-10(3)15-13/h11-12,14H,4-8H2,1-3H3. The van der Waals surface area contributed by atoms with Crippen molar-refractivity contribution < 1.29 is 0 Å². The minimum Gasteiger partial charge on any atom is -0.308 e. The van der Waals surface area contributed by atoms with Gasteiger partial charge in [-0.25, -0.2) is 4.98 Å². The summed E-state index contributed by atoms with van der Waals surface area (Å²) in [6.07, 6.45) is 5.45. The van der Waals surface area contributed by atoms with Gasteiger partial charge >= 0.3 is 0 Å². The maximum Gasteiger partial charge on any atom is 0.0900 e. The van der Waals surface area contributed by atoms with Crippen LogP contribution in [0.25, 0.3) is 0 Å². The molecule has 2 atom stereocenters. The summed E-state index contributed by atoms with van der Waals surface area (Å²) in [6.45, 7) is 7.52. The summed E-state index contributed by atoms with van der Waals surface area (Å²) in [5.74, 6) is 0.954. The lowest BCUT2D eigenvalue weighted by molar-refractivity contribution is 0.474. The van der Waals surface area contributed by atoms with E-state index in [1.54, 1.807) is 11.3 Å². The lowest BCUT2D eigenvalue weighted by atomic mass is 10.1. The molecule has 1 aliphatic rings. The number of nitrogens with zero attached hydrogens (tertiary/aromatic N) is 1. The van der Waals surface area contributed by atoms with Crippen LogP contribution in [0, 0.1) is 19.8 Å². The van der Waals surface area contributed by atoms with E-state index in [-0.39, 0.29) is 0 Å². The van der Waals surface area contributed by atoms with Gasteiger partial charge in [0.1, 0.15) is 0 Å². The van der Waals surface area contributed by atoms with E-state index in [9.17, 15) is 0 Å². The Morgan fingerprint density at radius 3 is 2.75 bits per heavy atom. The van der Waals surface area contributed by atoms with E-state index in [2.05, 4.69) is 31.1 Å². The van der Waals surface area contributed by atoms with Crippen molar-refractivity contribution in [3.8, 4) is 0 Å². The molecule has 0 amide bonds. The Morgan fingerprint density at radius 1 is 1.38 bits per heavy atom. The smallest absolute Gasteiger partial charge is 0.0900 e. The van der Waals surface area contributed by atoms with E-state index in [0.717, 1.165) is 18.5 Å². The van der Waals surface area contributed by atoms with Gasteiger partial charge < -0.3 is 5.32 Å². The third-order valence-electron chi connectivity index (χ3n) is 3.68. The first-order valence-electron chi connectivity index (χ1n) is 6.35. The van der Waals surface area contributed by atoms with Gasteiger partial charge in [-0.1, -0.05) is 13.3 Å². The molecule has 2 nitrogen and oxygen atoms in total. The predicted molar refractivity (Wildman–Crippen MR) is 69.8 cm³/mol. The Kier molecular flexibility index (Phi) is 3.98. The largest absolute Gasteiger partial charge is 0.308 e. The Morgan fingerprint density at radius 2 is 2.19 bits per heavy atom. The molecule has 1 heterocycles. The van der Waals surface area contributed by atoms with Gasteiger partial charge in [-0.3, -0.25) is 0 Å². The summed E-state index contributed by atoms with van der Waals surface area (Å²) in [5.41, 5.74) is 1.25. The van der Waals surface area contributed by atoms with E-state index in [4.69, 9.17) is 0 Å². The molecule has 2 rings (SSSR count). The van der Waals surface area contributed by atoms with Crippen LogP contribution < -0.4 is 5.32 Å². The first kappa shape index (κ1) is 12.1. The van der Waals surface area contributed by atoms with Crippen LogP contribution in [0.4, 0.5) is 0 Å². The second-order valence-electron chi connectivity index (χ2n) is 4.90. The van der Waals surface area contributed by atoms with Crippen molar-refractivity contribution in [1.82, 2.24) is 10.3 Å². The van der Waals surface area contributed by atoms with Crippen molar-refractivity contribution in [2.75, 3.05) is 0 Å². The minimum absolute atomic E-state index is 0.728. The average Bonchev–Trinajstić information content (AvgIpc) is 2.82. The normalized spacial score (nSPS) is 25.2. The Labute approximate surface area is 102 Å². The monoisotopic (exact) mass is 238 g/mol. The summed E-state index contributed by atoms with van der Waals surface area (Å²) in [7, 11) is 0. The van der Waals surface area contributed by atoms with Crippen LogP contribution in [0.5, 0.6) is 0 Å². The van der Waals surface area contributed by atoms with Crippen LogP contribution in [0.2, 0.25) is 0 Å². The maximum absolute atomic E-state index is 4.57. The summed E-state index contributed by atoms with van der Waals surface area (Å²) in [5, 5.41) is 4.85. The zero-order valence-electron chi connectivity index (χ0n) is 10.5. The second-order valence-corrected chi connectivity index (χ2v) is 6.31. The average molecular weight is 238 g/mol. The number of nitrogens with one attached hydrogen (secondary N) is 1. The second kappa shape index (κ2) is 5.28. The number of hydrogen-bond acceptors (Lipinski definition) is 3. The summed E-state index contributed by atoms with van der Waals surface area (Å²) in [6, 6.07) is 0.728. The van der Waals surface area contributed by atoms with Crippen LogP contribution in [-0.2, 0) is 6.54 Å². The highest BCUT2D eigenvalue weighted by Gasteiger charge is 2.22. The minimum atomic E-state index is 0.728. The van der Waals surface area contributed by atoms with Gasteiger partial charge in [0.05, 0.1) is 10.7 Å². The first-order chi connectivity index (χ1) is 7.69. The number of rotatable bonds is 4. The number of aromatic nitrogens is 1. The molecule has 2 unspecified atom stereocenters. The molecule has 0 saturated heterocycles. The van der Waals surface area contributed by atoms with Crippen LogP contribution in [0.1, 0.15) is 48.2 Å². The van der Waals surface area contributed by atoms with Gasteiger partial charge in [-0.15, -0.1) is 11.3 Å². The Bertz CT molecular complexity index is 346. The predicted octanol–water partition coefficient (Wildman–Crippen LogP) is 3.43. The molecule has 90 valence electrons. The summed E-state index contributed by atoms with van der Waals surface area (Å²) < 4.78 is 0. The first-order valence-corrected chi connectivity index (χ1v) is 7.17. The van der Waals surface area contributed by atoms with E-state index in [0.29, 0.717) is 0 Å². The van der Waals surface area contributed by atoms with Crippen molar-refractivity contribution in [1.29, 1.82) is 0 Å². The fraction of sp³-hybridized carbons (Fsp3) is 0.769. The molecule has 1 aromatic heterocycles. The van der Waals surface area contributed by atoms with Crippen LogP contribution in [-0.4, -0.2) is 11.0 Å². The fourth-order valence-electron chi connectivity index (χ4n) is 2.61. The molecule has 0 aromatic carbocycles. The van der Waals surface area contributed by atoms with Gasteiger partial charge in [0.15, 0.2) is 0 Å². The highest BCUT2D eigenvalue weighted by Crippen LogP contribution is 2.28. The van der Waals surface area contributed by atoms with Gasteiger partial charge in [0.25, 0.3) is 0 Å². The molecule has 0 radical (unpaired) electrons. The number of thiazole rings is 1. The van der Waals surface area contributed by atoms with Gasteiger partial charge in [-0.05, 0) is 39.0 Å². The Hall–Kier alpha value is -0.410. The highest BCUT2D eigenvalue weighted by atomic mass is 32.1. The summed E-state index contributed by atoms with van der Waals surface area (Å²) >= 11 is 1.81. The van der Waals surface area contributed by atoms with Gasteiger partial charge in [0, 0.05) is 17.5 Å². The summed E-state index contributed by atoms with van der Waals surface area (Å²) in [4.78, 5) is 5.94. The molecule has 1 aromatic rings. The molecule has 16 heavy (non-hydrogen) atoms. The lowest BCUT2D eigenvalue weighted by Gasteiger charge is -2.11. The van der Waals surface area contributed by atoms with Gasteiger partial charge in [0.2, 0.25) is 0 Å². The third kappa shape index (κ3) is 2.83. The van der Waals surface area contributed by atoms with Gasteiger partial charge in [-0.2, -0.15) is 0 Å². The van der Waals surface area contributed by atoms with Crippen LogP contribution in [0.3, 0.4) is 0 Å². The molecule has 3 heteroatoms. The van der Waals surface area contributed by atoms with Crippen LogP contribution >= 0.6 is 11.3 Å². The van der Waals surface area contributed by atoms with E-state index in [1.165, 1.54) is 41.3 Å². The van der Waals surface area contributed by atoms with Crippen LogP contribution in [0.15, 0.2) is 0 Å². The Balaban J connectivity index is 1.82. The van der Waals surface area contributed by atoms with E-state index >= 15 is 0 Å². The zero-order valence-corrected chi connectivity index (χ0v) is 11.4. The molecule has 1 saturated carbocycles. The molecule has 1 aliphatic carbocycles. The zero-order chi connectivity index (χ0) is 11.5. The number of aryl methyl sites for hydroxylation is 2. The molecule has 1 fully saturated rings. The van der Waals surface area contributed by atoms with Crippen molar-refractivity contribution in [2.24, 2.45) is 5.92 Å². The van der Waals surface area contributed by atoms with E-state index < -0.39 is 0 Å². The molecule has 0 aliphatic heterocycles. The molecule has 1 N–H and O–H groups in total. The fourth-order valence-corrected chi connectivity index (χ4v) is 3.44. The molecular formula is C13H22N2S. The molecular weight excluding hydrogens is 216 g/mol. The SMILES string of the molecule is CCC1CCC(NCc2nc(C)sc2C)C1. The third-order valence-corrected chi connectivity index (χ3v) is 4.60. The highest BCUT2D eigenvalue weighted by molar-refractivity contribution is 7.11.